The Labute approximate surface area is 116 Å². The van der Waals surface area contributed by atoms with Gasteiger partial charge in [0.25, 0.3) is 0 Å². The van der Waals surface area contributed by atoms with Crippen LogP contribution in [0.5, 0.6) is 0 Å². The molecule has 0 aliphatic carbocycles. The van der Waals surface area contributed by atoms with Gasteiger partial charge in [-0.25, -0.2) is 4.68 Å². The van der Waals surface area contributed by atoms with Crippen molar-refractivity contribution in [2.45, 2.75) is 38.1 Å². The molecule has 0 radical (unpaired) electrons. The lowest BCUT2D eigenvalue weighted by Crippen LogP contribution is -2.26. The SMILES string of the molecule is COCCNC(C)c1nnnn1CCC(C)S(C)=O. The maximum absolute atomic E-state index is 11.3. The molecular weight excluding hydrogens is 266 g/mol. The van der Waals surface area contributed by atoms with Crippen LogP contribution in [-0.4, -0.2) is 56.2 Å². The third-order valence-corrected chi connectivity index (χ3v) is 4.39. The first kappa shape index (κ1) is 16.2. The fraction of sp³-hybridized carbons (Fsp3) is 0.909. The van der Waals surface area contributed by atoms with Crippen molar-refractivity contribution in [1.29, 1.82) is 0 Å². The highest BCUT2D eigenvalue weighted by Gasteiger charge is 2.15. The van der Waals surface area contributed by atoms with Gasteiger partial charge >= 0.3 is 0 Å². The van der Waals surface area contributed by atoms with Crippen molar-refractivity contribution in [2.24, 2.45) is 0 Å². The molecule has 8 heteroatoms. The predicted octanol–water partition coefficient (Wildman–Crippen LogP) is 0.127. The summed E-state index contributed by atoms with van der Waals surface area (Å²) in [6.45, 7) is 6.07. The Morgan fingerprint density at radius 1 is 1.47 bits per heavy atom. The number of hydrogen-bond acceptors (Lipinski definition) is 6. The van der Waals surface area contributed by atoms with Crippen LogP contribution in [-0.2, 0) is 22.1 Å². The van der Waals surface area contributed by atoms with E-state index in [9.17, 15) is 4.21 Å². The largest absolute Gasteiger partial charge is 0.383 e. The molecule has 0 saturated carbocycles. The third-order valence-electron chi connectivity index (χ3n) is 3.02. The maximum atomic E-state index is 11.3. The van der Waals surface area contributed by atoms with Gasteiger partial charge in [-0.3, -0.25) is 4.21 Å². The van der Waals surface area contributed by atoms with E-state index in [2.05, 4.69) is 20.8 Å². The van der Waals surface area contributed by atoms with Gasteiger partial charge in [-0.2, -0.15) is 0 Å². The predicted molar refractivity (Wildman–Crippen MR) is 74.3 cm³/mol. The molecule has 1 aromatic rings. The molecule has 1 rings (SSSR count). The number of nitrogens with one attached hydrogen (secondary N) is 1. The zero-order valence-electron chi connectivity index (χ0n) is 12.0. The van der Waals surface area contributed by atoms with E-state index in [0.29, 0.717) is 13.2 Å². The lowest BCUT2D eigenvalue weighted by atomic mass is 10.3. The van der Waals surface area contributed by atoms with Gasteiger partial charge in [0.2, 0.25) is 0 Å². The minimum atomic E-state index is -0.809. The molecule has 0 aromatic carbocycles. The van der Waals surface area contributed by atoms with Crippen molar-refractivity contribution in [3.8, 4) is 0 Å². The van der Waals surface area contributed by atoms with Crippen LogP contribution in [0.2, 0.25) is 0 Å². The first-order valence-electron chi connectivity index (χ1n) is 6.36. The second kappa shape index (κ2) is 8.34. The average molecular weight is 289 g/mol. The summed E-state index contributed by atoms with van der Waals surface area (Å²) in [7, 11) is 0.860. The first-order chi connectivity index (χ1) is 9.06. The van der Waals surface area contributed by atoms with E-state index >= 15 is 0 Å². The Morgan fingerprint density at radius 3 is 2.84 bits per heavy atom. The highest BCUT2D eigenvalue weighted by atomic mass is 32.2. The fourth-order valence-electron chi connectivity index (χ4n) is 1.62. The molecule has 0 bridgehead atoms. The summed E-state index contributed by atoms with van der Waals surface area (Å²) < 4.78 is 18.1. The molecule has 0 fully saturated rings. The van der Waals surface area contributed by atoms with E-state index in [-0.39, 0.29) is 11.3 Å². The molecule has 110 valence electrons. The summed E-state index contributed by atoms with van der Waals surface area (Å²) in [4.78, 5) is 0. The molecule has 0 aliphatic heterocycles. The number of tetrazole rings is 1. The molecule has 19 heavy (non-hydrogen) atoms. The van der Waals surface area contributed by atoms with Gasteiger partial charge in [0.15, 0.2) is 5.82 Å². The molecule has 0 aliphatic rings. The molecule has 0 spiro atoms. The summed E-state index contributed by atoms with van der Waals surface area (Å²) in [6.07, 6.45) is 2.52. The average Bonchev–Trinajstić information content (AvgIpc) is 2.84. The number of aryl methyl sites for hydroxylation is 1. The van der Waals surface area contributed by atoms with Gasteiger partial charge in [-0.1, -0.05) is 6.92 Å². The van der Waals surface area contributed by atoms with Crippen LogP contribution >= 0.6 is 0 Å². The molecule has 1 heterocycles. The number of hydrogen-bond donors (Lipinski definition) is 1. The number of rotatable bonds is 9. The van der Waals surface area contributed by atoms with E-state index in [4.69, 9.17) is 4.74 Å². The monoisotopic (exact) mass is 289 g/mol. The number of nitrogens with zero attached hydrogens (tertiary/aromatic N) is 4. The molecule has 0 amide bonds. The van der Waals surface area contributed by atoms with Crippen LogP contribution in [0.1, 0.15) is 32.1 Å². The summed E-state index contributed by atoms with van der Waals surface area (Å²) in [6, 6.07) is 0.0626. The van der Waals surface area contributed by atoms with Crippen LogP contribution in [0.4, 0.5) is 0 Å². The highest BCUT2D eigenvalue weighted by Crippen LogP contribution is 2.09. The Hall–Kier alpha value is -0.860. The Bertz CT molecular complexity index is 398. The van der Waals surface area contributed by atoms with E-state index in [0.717, 1.165) is 18.8 Å². The normalized spacial score (nSPS) is 16.2. The molecular formula is C11H23N5O2S. The Morgan fingerprint density at radius 2 is 2.21 bits per heavy atom. The van der Waals surface area contributed by atoms with E-state index in [1.54, 1.807) is 18.0 Å². The second-order valence-electron chi connectivity index (χ2n) is 4.53. The quantitative estimate of drug-likeness (QED) is 0.651. The second-order valence-corrected chi connectivity index (χ2v) is 6.33. The molecule has 3 atom stereocenters. The zero-order chi connectivity index (χ0) is 14.3. The maximum Gasteiger partial charge on any atom is 0.167 e. The van der Waals surface area contributed by atoms with Gasteiger partial charge in [-0.05, 0) is 23.8 Å². The van der Waals surface area contributed by atoms with Gasteiger partial charge in [0.1, 0.15) is 0 Å². The molecule has 0 saturated heterocycles. The molecule has 1 aromatic heterocycles. The Kier molecular flexibility index (Phi) is 7.11. The van der Waals surface area contributed by atoms with Crippen molar-refractivity contribution >= 4 is 10.8 Å². The van der Waals surface area contributed by atoms with Crippen LogP contribution < -0.4 is 5.32 Å². The van der Waals surface area contributed by atoms with Gasteiger partial charge in [0.05, 0.1) is 12.6 Å². The lowest BCUT2D eigenvalue weighted by Gasteiger charge is -2.14. The first-order valence-corrected chi connectivity index (χ1v) is 7.99. The smallest absolute Gasteiger partial charge is 0.167 e. The van der Waals surface area contributed by atoms with Gasteiger partial charge in [0, 0.05) is 42.5 Å². The van der Waals surface area contributed by atoms with Crippen LogP contribution in [0.3, 0.4) is 0 Å². The van der Waals surface area contributed by atoms with E-state index in [1.165, 1.54) is 0 Å². The van der Waals surface area contributed by atoms with Crippen molar-refractivity contribution in [3.63, 3.8) is 0 Å². The fourth-order valence-corrected chi connectivity index (χ4v) is 2.06. The highest BCUT2D eigenvalue weighted by molar-refractivity contribution is 7.84. The standard InChI is InChI=1S/C11H23N5O2S/c1-9(19(4)17)5-7-16-11(13-14-15-16)10(2)12-6-8-18-3/h9-10,12H,5-8H2,1-4H3. The summed E-state index contributed by atoms with van der Waals surface area (Å²) in [5.74, 6) is 0.796. The van der Waals surface area contributed by atoms with E-state index in [1.807, 2.05) is 13.8 Å². The third kappa shape index (κ3) is 5.33. The van der Waals surface area contributed by atoms with Crippen molar-refractivity contribution < 1.29 is 8.95 Å². The summed E-state index contributed by atoms with van der Waals surface area (Å²) in [5, 5.41) is 15.2. The number of aromatic nitrogens is 4. The van der Waals surface area contributed by atoms with E-state index < -0.39 is 10.8 Å². The zero-order valence-corrected chi connectivity index (χ0v) is 12.8. The minimum absolute atomic E-state index is 0.0626. The number of methoxy groups -OCH3 is 1. The molecule has 7 nitrogen and oxygen atoms in total. The van der Waals surface area contributed by atoms with Crippen LogP contribution in [0, 0.1) is 0 Å². The Balaban J connectivity index is 2.52. The number of ether oxygens (including phenoxy) is 1. The minimum Gasteiger partial charge on any atom is -0.383 e. The van der Waals surface area contributed by atoms with Crippen LogP contribution in [0.25, 0.3) is 0 Å². The summed E-state index contributed by atoms with van der Waals surface area (Å²) in [5.41, 5.74) is 0. The molecule has 1 N–H and O–H groups in total. The summed E-state index contributed by atoms with van der Waals surface area (Å²) >= 11 is 0. The van der Waals surface area contributed by atoms with Crippen molar-refractivity contribution in [2.75, 3.05) is 26.5 Å². The molecule has 3 unspecified atom stereocenters. The van der Waals surface area contributed by atoms with Gasteiger partial charge < -0.3 is 10.1 Å². The van der Waals surface area contributed by atoms with Gasteiger partial charge in [-0.15, -0.1) is 5.10 Å². The van der Waals surface area contributed by atoms with Crippen molar-refractivity contribution in [1.82, 2.24) is 25.5 Å². The topological polar surface area (TPSA) is 81.9 Å². The van der Waals surface area contributed by atoms with Crippen LogP contribution in [0.15, 0.2) is 0 Å². The lowest BCUT2D eigenvalue weighted by molar-refractivity contribution is 0.195. The van der Waals surface area contributed by atoms with Crippen molar-refractivity contribution in [3.05, 3.63) is 5.82 Å².